The van der Waals surface area contributed by atoms with Gasteiger partial charge in [-0.15, -0.1) is 0 Å². The minimum atomic E-state index is -0.866. The molecular weight excluding hydrogens is 865 g/mol. The van der Waals surface area contributed by atoms with Crippen molar-refractivity contribution in [2.24, 2.45) is 0 Å². The van der Waals surface area contributed by atoms with Crippen molar-refractivity contribution < 1.29 is 8.83 Å². The van der Waals surface area contributed by atoms with Crippen LogP contribution in [0.4, 0.5) is 34.1 Å². The van der Waals surface area contributed by atoms with Gasteiger partial charge >= 0.3 is 0 Å². The van der Waals surface area contributed by atoms with Gasteiger partial charge in [0.05, 0.1) is 27.6 Å². The smallest absolute Gasteiger partial charge is 0.145 e. The Hall–Kier alpha value is -8.60. The molecule has 1 aliphatic rings. The molecule has 4 heteroatoms. The van der Waals surface area contributed by atoms with Crippen molar-refractivity contribution in [1.29, 1.82) is 0 Å². The highest BCUT2D eigenvalue weighted by Gasteiger charge is 2.51. The predicted molar refractivity (Wildman–Crippen MR) is 296 cm³/mol. The molecule has 12 aromatic rings. The van der Waals surface area contributed by atoms with Crippen LogP contribution in [0.2, 0.25) is 0 Å². The minimum absolute atomic E-state index is 0.831. The molecule has 0 amide bonds. The van der Waals surface area contributed by atoms with Gasteiger partial charge in [-0.05, 0) is 146 Å². The Labute approximate surface area is 414 Å². The highest BCUT2D eigenvalue weighted by atomic mass is 16.3. The van der Waals surface area contributed by atoms with E-state index in [0.29, 0.717) is 0 Å². The molecule has 0 saturated heterocycles. The van der Waals surface area contributed by atoms with Crippen LogP contribution in [0.15, 0.2) is 215 Å². The Bertz CT molecular complexity index is 3820. The molecule has 0 fully saturated rings. The standard InChI is InChI=1S/C67H52N2O2/c1-41-33-35-45(5)55(37-41)68(53-29-17-13-21-43(53)3)57-39-51-63(65-61(57)49-27-15-19-31-59(49)70-65)64-52(67(51,47-23-9-7-10-24-47)48-25-11-8-12-26-48)40-58(62-50-28-16-20-32-60(50)71-66(62)64)69(54-30-18-14-22-44(54)4)56-38-42(2)34-36-46(56)6/h7-40H,1-6H3. The minimum Gasteiger partial charge on any atom is -0.455 e. The first-order valence-corrected chi connectivity index (χ1v) is 24.7. The summed E-state index contributed by atoms with van der Waals surface area (Å²) in [7, 11) is 0. The molecule has 2 heterocycles. The Morgan fingerprint density at radius 1 is 0.324 bits per heavy atom. The Morgan fingerprint density at radius 2 is 0.690 bits per heavy atom. The Kier molecular flexibility index (Phi) is 9.73. The Balaban J connectivity index is 1.29. The monoisotopic (exact) mass is 916 g/mol. The van der Waals surface area contributed by atoms with E-state index in [-0.39, 0.29) is 0 Å². The molecular formula is C67H52N2O2. The summed E-state index contributed by atoms with van der Waals surface area (Å²) >= 11 is 0. The van der Waals surface area contributed by atoms with E-state index in [0.717, 1.165) is 111 Å². The SMILES string of the molecule is Cc1ccc(C)c(N(c2ccccc2C)c2cc3c(c4oc5ccccc5c24)-c2c(cc(N(c4ccccc4C)c4cc(C)ccc4C)c4c2oc2ccccc24)C3(c2ccccc2)c2ccccc2)c1. The molecule has 0 unspecified atom stereocenters. The molecule has 0 aliphatic heterocycles. The van der Waals surface area contributed by atoms with Crippen molar-refractivity contribution >= 4 is 78.0 Å². The number of anilines is 6. The summed E-state index contributed by atoms with van der Waals surface area (Å²) in [5, 5.41) is 4.22. The molecule has 0 bridgehead atoms. The predicted octanol–water partition coefficient (Wildman–Crippen LogP) is 18.6. The van der Waals surface area contributed by atoms with E-state index >= 15 is 0 Å². The molecule has 0 saturated carbocycles. The average Bonchev–Trinajstić information content (AvgIpc) is 4.08. The second-order valence-electron chi connectivity index (χ2n) is 19.5. The van der Waals surface area contributed by atoms with Gasteiger partial charge in [-0.2, -0.15) is 0 Å². The lowest BCUT2D eigenvalue weighted by Gasteiger charge is -2.36. The Morgan fingerprint density at radius 3 is 1.11 bits per heavy atom. The fraction of sp³-hybridized carbons (Fsp3) is 0.104. The van der Waals surface area contributed by atoms with Gasteiger partial charge in [0.1, 0.15) is 22.3 Å². The lowest BCUT2D eigenvalue weighted by atomic mass is 9.67. The number of hydrogen-bond donors (Lipinski definition) is 0. The van der Waals surface area contributed by atoms with Gasteiger partial charge in [0.15, 0.2) is 0 Å². The molecule has 342 valence electrons. The number of furan rings is 2. The highest BCUT2D eigenvalue weighted by molar-refractivity contribution is 6.25. The lowest BCUT2D eigenvalue weighted by molar-refractivity contribution is 0.665. The first-order chi connectivity index (χ1) is 34.7. The molecule has 4 nitrogen and oxygen atoms in total. The molecule has 2 aromatic heterocycles. The molecule has 71 heavy (non-hydrogen) atoms. The van der Waals surface area contributed by atoms with E-state index in [9.17, 15) is 0 Å². The van der Waals surface area contributed by atoms with Gasteiger partial charge in [0, 0.05) is 44.6 Å². The normalized spacial score (nSPS) is 12.8. The summed E-state index contributed by atoms with van der Waals surface area (Å²) in [6.07, 6.45) is 0. The van der Waals surface area contributed by atoms with E-state index < -0.39 is 5.41 Å². The molecule has 13 rings (SSSR count). The van der Waals surface area contributed by atoms with Gasteiger partial charge < -0.3 is 18.6 Å². The lowest BCUT2D eigenvalue weighted by Crippen LogP contribution is -2.29. The molecule has 0 atom stereocenters. The zero-order chi connectivity index (χ0) is 48.1. The van der Waals surface area contributed by atoms with Crippen molar-refractivity contribution in [2.45, 2.75) is 47.0 Å². The van der Waals surface area contributed by atoms with Crippen LogP contribution >= 0.6 is 0 Å². The van der Waals surface area contributed by atoms with E-state index in [1.807, 2.05) is 0 Å². The number of para-hydroxylation sites is 4. The third-order valence-electron chi connectivity index (χ3n) is 15.1. The van der Waals surface area contributed by atoms with E-state index in [2.05, 4.69) is 258 Å². The first-order valence-electron chi connectivity index (χ1n) is 24.7. The fourth-order valence-electron chi connectivity index (χ4n) is 11.8. The van der Waals surface area contributed by atoms with Crippen LogP contribution in [0.5, 0.6) is 0 Å². The number of benzene rings is 10. The maximum atomic E-state index is 7.47. The van der Waals surface area contributed by atoms with Gasteiger partial charge in [0.25, 0.3) is 0 Å². The highest BCUT2D eigenvalue weighted by Crippen LogP contribution is 2.64. The van der Waals surface area contributed by atoms with Gasteiger partial charge in [-0.3, -0.25) is 0 Å². The third-order valence-corrected chi connectivity index (χ3v) is 15.1. The zero-order valence-electron chi connectivity index (χ0n) is 40.8. The summed E-state index contributed by atoms with van der Waals surface area (Å²) in [5.41, 5.74) is 22.7. The zero-order valence-corrected chi connectivity index (χ0v) is 40.8. The number of rotatable bonds is 8. The van der Waals surface area contributed by atoms with Crippen molar-refractivity contribution in [3.05, 3.63) is 262 Å². The summed E-state index contributed by atoms with van der Waals surface area (Å²) < 4.78 is 14.9. The number of aryl methyl sites for hydroxylation is 6. The van der Waals surface area contributed by atoms with E-state index in [4.69, 9.17) is 8.83 Å². The van der Waals surface area contributed by atoms with Crippen LogP contribution in [-0.2, 0) is 5.41 Å². The average molecular weight is 917 g/mol. The molecule has 0 spiro atoms. The third kappa shape index (κ3) is 6.30. The van der Waals surface area contributed by atoms with Crippen LogP contribution in [0.25, 0.3) is 55.0 Å². The summed E-state index contributed by atoms with van der Waals surface area (Å²) in [4.78, 5) is 4.99. The fourth-order valence-corrected chi connectivity index (χ4v) is 11.8. The largest absolute Gasteiger partial charge is 0.455 e. The quantitative estimate of drug-likeness (QED) is 0.152. The number of hydrogen-bond acceptors (Lipinski definition) is 4. The van der Waals surface area contributed by atoms with Crippen LogP contribution in [0.1, 0.15) is 55.6 Å². The molecule has 1 aliphatic carbocycles. The van der Waals surface area contributed by atoms with Gasteiger partial charge in [-0.25, -0.2) is 0 Å². The second-order valence-corrected chi connectivity index (χ2v) is 19.5. The maximum absolute atomic E-state index is 7.47. The van der Waals surface area contributed by atoms with E-state index in [1.54, 1.807) is 0 Å². The number of nitrogens with zero attached hydrogens (tertiary/aromatic N) is 2. The summed E-state index contributed by atoms with van der Waals surface area (Å²) in [6, 6.07) is 75.4. The van der Waals surface area contributed by atoms with Crippen molar-refractivity contribution in [3.63, 3.8) is 0 Å². The molecule has 0 radical (unpaired) electrons. The van der Waals surface area contributed by atoms with Gasteiger partial charge in [-0.1, -0.05) is 158 Å². The van der Waals surface area contributed by atoms with Crippen LogP contribution in [0, 0.1) is 41.5 Å². The summed E-state index contributed by atoms with van der Waals surface area (Å²) in [6.45, 7) is 13.3. The van der Waals surface area contributed by atoms with Crippen LogP contribution in [-0.4, -0.2) is 0 Å². The molecule has 10 aromatic carbocycles. The summed E-state index contributed by atoms with van der Waals surface area (Å²) in [5.74, 6) is 0. The van der Waals surface area contributed by atoms with Crippen LogP contribution in [0.3, 0.4) is 0 Å². The van der Waals surface area contributed by atoms with E-state index in [1.165, 1.54) is 33.4 Å². The van der Waals surface area contributed by atoms with Crippen molar-refractivity contribution in [3.8, 4) is 11.1 Å². The molecule has 0 N–H and O–H groups in total. The second kappa shape index (κ2) is 16.3. The van der Waals surface area contributed by atoms with Crippen molar-refractivity contribution in [1.82, 2.24) is 0 Å². The number of fused-ring (bicyclic) bond motifs is 11. The topological polar surface area (TPSA) is 32.8 Å². The van der Waals surface area contributed by atoms with Gasteiger partial charge in [0.2, 0.25) is 0 Å². The first kappa shape index (κ1) is 42.5. The van der Waals surface area contributed by atoms with Crippen molar-refractivity contribution in [2.75, 3.05) is 9.80 Å². The maximum Gasteiger partial charge on any atom is 0.145 e. The van der Waals surface area contributed by atoms with Crippen LogP contribution < -0.4 is 9.80 Å².